The normalized spacial score (nSPS) is 21.2. The first-order valence-corrected chi connectivity index (χ1v) is 12.6. The van der Waals surface area contributed by atoms with Gasteiger partial charge in [-0.1, -0.05) is 6.07 Å². The highest BCUT2D eigenvalue weighted by Gasteiger charge is 2.42. The Hall–Kier alpha value is -3.43. The first-order valence-electron chi connectivity index (χ1n) is 12.6. The Labute approximate surface area is 210 Å². The van der Waals surface area contributed by atoms with E-state index in [9.17, 15) is 24.0 Å². The molecule has 2 saturated heterocycles. The van der Waals surface area contributed by atoms with E-state index in [0.29, 0.717) is 36.7 Å². The number of hydrogen-bond acceptors (Lipinski definition) is 7. The van der Waals surface area contributed by atoms with E-state index in [2.05, 4.69) is 10.6 Å². The van der Waals surface area contributed by atoms with E-state index in [1.165, 1.54) is 0 Å². The molecule has 3 aliphatic rings. The van der Waals surface area contributed by atoms with Crippen molar-refractivity contribution in [3.63, 3.8) is 0 Å². The van der Waals surface area contributed by atoms with Gasteiger partial charge >= 0.3 is 6.09 Å². The predicted octanol–water partition coefficient (Wildman–Crippen LogP) is 2.47. The van der Waals surface area contributed by atoms with E-state index >= 15 is 0 Å². The van der Waals surface area contributed by atoms with Gasteiger partial charge in [-0.2, -0.15) is 0 Å². The summed E-state index contributed by atoms with van der Waals surface area (Å²) in [7, 11) is 0. The first kappa shape index (κ1) is 25.7. The summed E-state index contributed by atoms with van der Waals surface area (Å²) in [5.41, 5.74) is 1.27. The minimum Gasteiger partial charge on any atom is -0.444 e. The molecule has 36 heavy (non-hydrogen) atoms. The van der Waals surface area contributed by atoms with E-state index in [1.54, 1.807) is 17.0 Å². The van der Waals surface area contributed by atoms with Gasteiger partial charge in [0.25, 0.3) is 5.91 Å². The average molecular weight is 499 g/mol. The predicted molar refractivity (Wildman–Crippen MR) is 131 cm³/mol. The summed E-state index contributed by atoms with van der Waals surface area (Å²) in [5, 5.41) is 5.60. The molecule has 0 saturated carbocycles. The summed E-state index contributed by atoms with van der Waals surface area (Å²) in [5.74, 6) is -1.49. The van der Waals surface area contributed by atoms with Crippen LogP contribution in [0.5, 0.6) is 0 Å². The Balaban J connectivity index is 1.33. The lowest BCUT2D eigenvalue weighted by Gasteiger charge is -2.35. The Bertz CT molecular complexity index is 1070. The van der Waals surface area contributed by atoms with Gasteiger partial charge in [0.2, 0.25) is 17.7 Å². The number of piperidine rings is 2. The smallest absolute Gasteiger partial charge is 0.410 e. The van der Waals surface area contributed by atoms with E-state index < -0.39 is 35.3 Å². The second kappa shape index (κ2) is 10.3. The summed E-state index contributed by atoms with van der Waals surface area (Å²) in [6, 6.07) is 4.32. The van der Waals surface area contributed by atoms with Gasteiger partial charge in [0.05, 0.1) is 6.42 Å². The molecule has 1 aromatic carbocycles. The molecule has 3 heterocycles. The number of nitrogens with zero attached hydrogens (tertiary/aromatic N) is 2. The summed E-state index contributed by atoms with van der Waals surface area (Å²) >= 11 is 0. The Morgan fingerprint density at radius 2 is 1.83 bits per heavy atom. The fourth-order valence-corrected chi connectivity index (χ4v) is 5.01. The first-order chi connectivity index (χ1) is 17.0. The monoisotopic (exact) mass is 498 g/mol. The van der Waals surface area contributed by atoms with Gasteiger partial charge < -0.3 is 15.0 Å². The highest BCUT2D eigenvalue weighted by atomic mass is 16.6. The average Bonchev–Trinajstić information content (AvgIpc) is 2.80. The highest BCUT2D eigenvalue weighted by molar-refractivity contribution is 6.14. The largest absolute Gasteiger partial charge is 0.444 e. The van der Waals surface area contributed by atoms with Gasteiger partial charge in [-0.3, -0.25) is 29.4 Å². The van der Waals surface area contributed by atoms with Crippen LogP contribution < -0.4 is 10.6 Å². The lowest BCUT2D eigenvalue weighted by molar-refractivity contribution is -0.143. The fraction of sp³-hybridized carbons (Fsp3) is 0.577. The van der Waals surface area contributed by atoms with Crippen molar-refractivity contribution in [1.82, 2.24) is 15.1 Å². The van der Waals surface area contributed by atoms with Crippen molar-refractivity contribution >= 4 is 35.4 Å². The van der Waals surface area contributed by atoms with Crippen molar-refractivity contribution in [3.05, 3.63) is 29.3 Å². The molecule has 0 radical (unpaired) electrons. The third kappa shape index (κ3) is 5.68. The second-order valence-electron chi connectivity index (χ2n) is 10.7. The molecule has 10 heteroatoms. The number of hydrogen-bond donors (Lipinski definition) is 2. The summed E-state index contributed by atoms with van der Waals surface area (Å²) < 4.78 is 5.46. The molecule has 0 bridgehead atoms. The minimum atomic E-state index is -0.959. The molecule has 2 fully saturated rings. The lowest BCUT2D eigenvalue weighted by atomic mass is 9.92. The number of ether oxygens (including phenoxy) is 1. The van der Waals surface area contributed by atoms with Gasteiger partial charge in [0, 0.05) is 37.3 Å². The molecule has 10 nitrogen and oxygen atoms in total. The van der Waals surface area contributed by atoms with Crippen LogP contribution in [0.25, 0.3) is 0 Å². The maximum absolute atomic E-state index is 13.2. The van der Waals surface area contributed by atoms with E-state index in [0.717, 1.165) is 29.8 Å². The molecule has 1 unspecified atom stereocenters. The molecular weight excluding hydrogens is 464 g/mol. The Kier molecular flexibility index (Phi) is 7.33. The maximum Gasteiger partial charge on any atom is 0.410 e. The number of fused-ring (bicyclic) bond motifs is 1. The van der Waals surface area contributed by atoms with Crippen LogP contribution in [0.3, 0.4) is 0 Å². The summed E-state index contributed by atoms with van der Waals surface area (Å²) in [6.07, 6.45) is 2.67. The zero-order chi connectivity index (χ0) is 26.0. The second-order valence-corrected chi connectivity index (χ2v) is 10.7. The molecule has 1 atom stereocenters. The zero-order valence-electron chi connectivity index (χ0n) is 21.1. The topological polar surface area (TPSA) is 125 Å². The molecule has 2 N–H and O–H groups in total. The van der Waals surface area contributed by atoms with Crippen molar-refractivity contribution < 1.29 is 28.7 Å². The molecule has 0 aliphatic carbocycles. The van der Waals surface area contributed by atoms with Crippen molar-refractivity contribution in [2.45, 2.75) is 70.9 Å². The number of amides is 5. The van der Waals surface area contributed by atoms with Crippen LogP contribution >= 0.6 is 0 Å². The standard InChI is InChI=1S/C26H34N4O6/c1-26(2,3)36-25(35)29-13-10-16(11-14-29)9-12-27-19-6-4-5-17-18(19)15-22(32)30(24(17)34)20-7-8-21(31)28-23(20)33/h4-6,16,20,27H,7-15H2,1-3H3,(H,28,31,33). The van der Waals surface area contributed by atoms with E-state index in [4.69, 9.17) is 4.74 Å². The van der Waals surface area contributed by atoms with Crippen molar-refractivity contribution in [1.29, 1.82) is 0 Å². The number of imide groups is 2. The highest BCUT2D eigenvalue weighted by Crippen LogP contribution is 2.30. The Morgan fingerprint density at radius 3 is 2.50 bits per heavy atom. The van der Waals surface area contributed by atoms with Crippen LogP contribution in [0.15, 0.2) is 18.2 Å². The van der Waals surface area contributed by atoms with Crippen LogP contribution in [0.2, 0.25) is 0 Å². The molecule has 3 aliphatic heterocycles. The third-order valence-electron chi connectivity index (χ3n) is 6.88. The van der Waals surface area contributed by atoms with Crippen LogP contribution in [0.1, 0.15) is 68.8 Å². The molecule has 1 aromatic rings. The fourth-order valence-electron chi connectivity index (χ4n) is 5.01. The number of rotatable bonds is 5. The van der Waals surface area contributed by atoms with Gasteiger partial charge in [0.15, 0.2) is 0 Å². The maximum atomic E-state index is 13.2. The number of benzene rings is 1. The molecular formula is C26H34N4O6. The number of nitrogens with one attached hydrogen (secondary N) is 2. The van der Waals surface area contributed by atoms with Crippen molar-refractivity contribution in [2.75, 3.05) is 25.0 Å². The van der Waals surface area contributed by atoms with Gasteiger partial charge in [-0.15, -0.1) is 0 Å². The van der Waals surface area contributed by atoms with Gasteiger partial charge in [-0.25, -0.2) is 4.79 Å². The quantitative estimate of drug-likeness (QED) is 0.598. The Morgan fingerprint density at radius 1 is 1.11 bits per heavy atom. The van der Waals surface area contributed by atoms with Crippen molar-refractivity contribution in [2.24, 2.45) is 5.92 Å². The van der Waals surface area contributed by atoms with Crippen LogP contribution in [-0.4, -0.2) is 70.8 Å². The number of carbonyl (C=O) groups excluding carboxylic acids is 5. The SMILES string of the molecule is CC(C)(C)OC(=O)N1CCC(CCNc2cccc3c2CC(=O)N(C2CCC(=O)NC2=O)C3=O)CC1. The molecule has 0 aromatic heterocycles. The number of carbonyl (C=O) groups is 5. The number of anilines is 1. The summed E-state index contributed by atoms with van der Waals surface area (Å²) in [4.78, 5) is 64.8. The number of likely N-dealkylation sites (tertiary alicyclic amines) is 1. The molecule has 4 rings (SSSR count). The third-order valence-corrected chi connectivity index (χ3v) is 6.88. The van der Waals surface area contributed by atoms with Crippen molar-refractivity contribution in [3.8, 4) is 0 Å². The van der Waals surface area contributed by atoms with Crippen LogP contribution in [0, 0.1) is 5.92 Å². The van der Waals surface area contributed by atoms with Crippen LogP contribution in [-0.2, 0) is 25.5 Å². The minimum absolute atomic E-state index is 0.0102. The van der Waals surface area contributed by atoms with Gasteiger partial charge in [0.1, 0.15) is 11.6 Å². The zero-order valence-corrected chi connectivity index (χ0v) is 21.1. The summed E-state index contributed by atoms with van der Waals surface area (Å²) in [6.45, 7) is 7.59. The van der Waals surface area contributed by atoms with E-state index in [-0.39, 0.29) is 25.4 Å². The molecule has 5 amide bonds. The van der Waals surface area contributed by atoms with Gasteiger partial charge in [-0.05, 0) is 70.1 Å². The molecule has 0 spiro atoms. The van der Waals surface area contributed by atoms with E-state index in [1.807, 2.05) is 26.8 Å². The van der Waals surface area contributed by atoms with Crippen LogP contribution in [0.4, 0.5) is 10.5 Å². The lowest BCUT2D eigenvalue weighted by Crippen LogP contribution is -2.58. The molecule has 194 valence electrons.